The van der Waals surface area contributed by atoms with E-state index in [0.717, 1.165) is 0 Å². The molecule has 0 aliphatic carbocycles. The van der Waals surface area contributed by atoms with Crippen molar-refractivity contribution in [2.75, 3.05) is 13.7 Å². The number of rotatable bonds is 6. The third-order valence-electron chi connectivity index (χ3n) is 3.86. The molecule has 0 fully saturated rings. The topological polar surface area (TPSA) is 111 Å². The first kappa shape index (κ1) is 18.7. The summed E-state index contributed by atoms with van der Waals surface area (Å²) in [6, 6.07) is 6.19. The number of methoxy groups -OCH3 is 1. The molecule has 0 spiro atoms. The van der Waals surface area contributed by atoms with Gasteiger partial charge in [0.25, 0.3) is 0 Å². The van der Waals surface area contributed by atoms with Crippen molar-refractivity contribution < 1.29 is 28.4 Å². The van der Waals surface area contributed by atoms with Crippen LogP contribution in [0.3, 0.4) is 0 Å². The molecule has 0 saturated carbocycles. The second-order valence-electron chi connectivity index (χ2n) is 5.55. The molecule has 3 rings (SSSR count). The number of carbonyl (C=O) groups is 3. The van der Waals surface area contributed by atoms with E-state index in [0.29, 0.717) is 21.5 Å². The van der Waals surface area contributed by atoms with Gasteiger partial charge in [-0.15, -0.1) is 0 Å². The number of ether oxygens (including phenoxy) is 2. The van der Waals surface area contributed by atoms with Gasteiger partial charge in [0.15, 0.2) is 5.69 Å². The van der Waals surface area contributed by atoms with Crippen LogP contribution in [-0.4, -0.2) is 41.6 Å². The van der Waals surface area contributed by atoms with Gasteiger partial charge in [-0.3, -0.25) is 9.59 Å². The third kappa shape index (κ3) is 3.70. The molecule has 9 heteroatoms. The maximum absolute atomic E-state index is 12.9. The van der Waals surface area contributed by atoms with Crippen LogP contribution in [0.2, 0.25) is 5.02 Å². The van der Waals surface area contributed by atoms with Crippen LogP contribution in [0.1, 0.15) is 39.2 Å². The molecule has 2 heterocycles. The van der Waals surface area contributed by atoms with E-state index >= 15 is 0 Å². The molecule has 140 valence electrons. The van der Waals surface area contributed by atoms with Gasteiger partial charge in [0.1, 0.15) is 0 Å². The van der Waals surface area contributed by atoms with Crippen molar-refractivity contribution in [2.24, 2.45) is 0 Å². The fraction of sp³-hybridized carbons (Fsp3) is 0.222. The Morgan fingerprint density at radius 3 is 2.74 bits per heavy atom. The first-order valence-electron chi connectivity index (χ1n) is 8.00. The molecule has 27 heavy (non-hydrogen) atoms. The van der Waals surface area contributed by atoms with E-state index in [4.69, 9.17) is 25.6 Å². The van der Waals surface area contributed by atoms with E-state index in [2.05, 4.69) is 10.1 Å². The predicted octanol–water partition coefficient (Wildman–Crippen LogP) is 2.93. The molecule has 0 saturated heterocycles. The molecule has 3 aromatic rings. The SMILES string of the molecule is CCOC(=O)c1cc(C(=O)c2[nH]c3ccc(Cl)cc3c2CC(=O)OC)on1. The highest BCUT2D eigenvalue weighted by Gasteiger charge is 2.26. The monoisotopic (exact) mass is 390 g/mol. The summed E-state index contributed by atoms with van der Waals surface area (Å²) in [6.07, 6.45) is -0.142. The van der Waals surface area contributed by atoms with Crippen LogP contribution in [0.15, 0.2) is 28.8 Å². The quantitative estimate of drug-likeness (QED) is 0.508. The molecule has 0 aliphatic heterocycles. The van der Waals surface area contributed by atoms with Crippen molar-refractivity contribution >= 4 is 40.2 Å². The number of aromatic amines is 1. The summed E-state index contributed by atoms with van der Waals surface area (Å²) in [7, 11) is 1.26. The van der Waals surface area contributed by atoms with Crippen molar-refractivity contribution in [3.05, 3.63) is 52.0 Å². The number of H-pyrrole nitrogens is 1. The van der Waals surface area contributed by atoms with Crippen molar-refractivity contribution in [1.29, 1.82) is 0 Å². The fourth-order valence-corrected chi connectivity index (χ4v) is 2.79. The summed E-state index contributed by atoms with van der Waals surface area (Å²) in [6.45, 7) is 1.82. The van der Waals surface area contributed by atoms with Gasteiger partial charge in [-0.1, -0.05) is 16.8 Å². The van der Waals surface area contributed by atoms with Gasteiger partial charge in [-0.25, -0.2) is 4.79 Å². The van der Waals surface area contributed by atoms with Gasteiger partial charge >= 0.3 is 11.9 Å². The Morgan fingerprint density at radius 1 is 1.26 bits per heavy atom. The summed E-state index contributed by atoms with van der Waals surface area (Å²) in [5, 5.41) is 4.63. The summed E-state index contributed by atoms with van der Waals surface area (Å²) in [5.74, 6) is -1.95. The highest BCUT2D eigenvalue weighted by Crippen LogP contribution is 2.28. The van der Waals surface area contributed by atoms with Crippen LogP contribution in [0.5, 0.6) is 0 Å². The van der Waals surface area contributed by atoms with E-state index in [1.165, 1.54) is 13.2 Å². The molecule has 0 atom stereocenters. The number of esters is 2. The minimum Gasteiger partial charge on any atom is -0.469 e. The second-order valence-corrected chi connectivity index (χ2v) is 5.98. The van der Waals surface area contributed by atoms with E-state index in [1.54, 1.807) is 25.1 Å². The van der Waals surface area contributed by atoms with Crippen molar-refractivity contribution in [2.45, 2.75) is 13.3 Å². The molecule has 8 nitrogen and oxygen atoms in total. The maximum atomic E-state index is 12.9. The molecule has 0 radical (unpaired) electrons. The number of ketones is 1. The summed E-state index contributed by atoms with van der Waals surface area (Å²) in [4.78, 5) is 39.4. The molecular formula is C18H15ClN2O6. The number of nitrogens with zero attached hydrogens (tertiary/aromatic N) is 1. The fourth-order valence-electron chi connectivity index (χ4n) is 2.62. The Balaban J connectivity index is 2.04. The van der Waals surface area contributed by atoms with E-state index < -0.39 is 17.7 Å². The number of hydrogen-bond donors (Lipinski definition) is 1. The van der Waals surface area contributed by atoms with Crippen LogP contribution >= 0.6 is 11.6 Å². The molecule has 0 bridgehead atoms. The normalized spacial score (nSPS) is 10.8. The van der Waals surface area contributed by atoms with Crippen molar-refractivity contribution in [1.82, 2.24) is 10.1 Å². The molecule has 0 unspecified atom stereocenters. The minimum absolute atomic E-state index is 0.117. The lowest BCUT2D eigenvalue weighted by Gasteiger charge is -2.02. The zero-order valence-corrected chi connectivity index (χ0v) is 15.3. The standard InChI is InChI=1S/C18H15ClN2O6/c1-3-26-18(24)13-8-14(27-21-13)17(23)16-11(7-15(22)25-2)10-6-9(19)4-5-12(10)20-16/h4-6,8,20H,3,7H2,1-2H3. The Bertz CT molecular complexity index is 1040. The first-order valence-corrected chi connectivity index (χ1v) is 8.37. The Hall–Kier alpha value is -3.13. The van der Waals surface area contributed by atoms with Gasteiger partial charge in [0, 0.05) is 27.6 Å². The molecular weight excluding hydrogens is 376 g/mol. The molecule has 1 N–H and O–H groups in total. The lowest BCUT2D eigenvalue weighted by Crippen LogP contribution is -2.10. The molecule has 0 aliphatic rings. The first-order chi connectivity index (χ1) is 12.9. The van der Waals surface area contributed by atoms with Gasteiger partial charge in [-0.2, -0.15) is 0 Å². The lowest BCUT2D eigenvalue weighted by molar-refractivity contribution is -0.139. The number of benzene rings is 1. The largest absolute Gasteiger partial charge is 0.469 e. The van der Waals surface area contributed by atoms with Crippen LogP contribution in [0, 0.1) is 0 Å². The molecule has 0 amide bonds. The predicted molar refractivity (Wildman–Crippen MR) is 94.9 cm³/mol. The highest BCUT2D eigenvalue weighted by atomic mass is 35.5. The van der Waals surface area contributed by atoms with Crippen molar-refractivity contribution in [3.8, 4) is 0 Å². The van der Waals surface area contributed by atoms with Crippen LogP contribution in [0.4, 0.5) is 0 Å². The summed E-state index contributed by atoms with van der Waals surface area (Å²) >= 11 is 6.04. The average molecular weight is 391 g/mol. The Labute approximate surface area is 158 Å². The Kier molecular flexibility index (Phi) is 5.27. The lowest BCUT2D eigenvalue weighted by atomic mass is 10.0. The number of carbonyl (C=O) groups excluding carboxylic acids is 3. The van der Waals surface area contributed by atoms with Gasteiger partial charge < -0.3 is 19.0 Å². The summed E-state index contributed by atoms with van der Waals surface area (Å²) in [5.41, 5.74) is 1.04. The third-order valence-corrected chi connectivity index (χ3v) is 4.10. The number of nitrogens with one attached hydrogen (secondary N) is 1. The van der Waals surface area contributed by atoms with Gasteiger partial charge in [0.2, 0.25) is 11.5 Å². The zero-order valence-electron chi connectivity index (χ0n) is 14.5. The van der Waals surface area contributed by atoms with Crippen LogP contribution in [-0.2, 0) is 20.7 Å². The van der Waals surface area contributed by atoms with Gasteiger partial charge in [0.05, 0.1) is 25.8 Å². The Morgan fingerprint density at radius 2 is 2.04 bits per heavy atom. The smallest absolute Gasteiger partial charge is 0.360 e. The molecule has 2 aromatic heterocycles. The molecule has 1 aromatic carbocycles. The minimum atomic E-state index is -0.696. The second kappa shape index (κ2) is 7.63. The van der Waals surface area contributed by atoms with E-state index in [-0.39, 0.29) is 30.2 Å². The highest BCUT2D eigenvalue weighted by molar-refractivity contribution is 6.31. The summed E-state index contributed by atoms with van der Waals surface area (Å²) < 4.78 is 14.5. The van der Waals surface area contributed by atoms with E-state index in [9.17, 15) is 14.4 Å². The van der Waals surface area contributed by atoms with Crippen LogP contribution < -0.4 is 0 Å². The zero-order chi connectivity index (χ0) is 19.6. The van der Waals surface area contributed by atoms with E-state index in [1.807, 2.05) is 0 Å². The van der Waals surface area contributed by atoms with Gasteiger partial charge in [-0.05, 0) is 25.1 Å². The number of hydrogen-bond acceptors (Lipinski definition) is 7. The maximum Gasteiger partial charge on any atom is 0.360 e. The van der Waals surface area contributed by atoms with Crippen molar-refractivity contribution in [3.63, 3.8) is 0 Å². The number of halogens is 1. The van der Waals surface area contributed by atoms with Crippen LogP contribution in [0.25, 0.3) is 10.9 Å². The average Bonchev–Trinajstić information content (AvgIpc) is 3.27. The number of aromatic nitrogens is 2. The number of fused-ring (bicyclic) bond motifs is 1.